The van der Waals surface area contributed by atoms with Crippen LogP contribution in [0, 0.1) is 23.2 Å². The van der Waals surface area contributed by atoms with Crippen LogP contribution in [0.5, 0.6) is 0 Å². The van der Waals surface area contributed by atoms with Crippen molar-refractivity contribution in [3.8, 4) is 0 Å². The number of rotatable bonds is 7. The summed E-state index contributed by atoms with van der Waals surface area (Å²) in [6, 6.07) is 0. The molecule has 4 heteroatoms. The van der Waals surface area contributed by atoms with E-state index in [1.54, 1.807) is 0 Å². The van der Waals surface area contributed by atoms with Crippen molar-refractivity contribution in [3.05, 3.63) is 47.6 Å². The highest BCUT2D eigenvalue weighted by atomic mass is 31.2. The van der Waals surface area contributed by atoms with Crippen molar-refractivity contribution in [2.24, 2.45) is 23.2 Å². The molecule has 0 amide bonds. The maximum atomic E-state index is 12.8. The second-order valence-corrected chi connectivity index (χ2v) is 14.6. The van der Waals surface area contributed by atoms with Crippen molar-refractivity contribution in [1.29, 1.82) is 0 Å². The SMILES string of the molecule is C=C1C(=CC=C2CCC[C@]3(C)[C@@H]([C@H](C)C=CCP(=O)(CC)CC)CC[C@@H]23)C[C@@H](O)C[C@@H]1O. The fraction of sp³-hybridized carbons (Fsp3) is 0.714. The van der Waals surface area contributed by atoms with Crippen molar-refractivity contribution in [2.75, 3.05) is 18.5 Å². The third-order valence-electron chi connectivity index (χ3n) is 8.97. The number of fused-ring (bicyclic) bond motifs is 1. The largest absolute Gasteiger partial charge is 0.393 e. The molecule has 2 N–H and O–H groups in total. The van der Waals surface area contributed by atoms with Crippen molar-refractivity contribution in [2.45, 2.75) is 84.8 Å². The zero-order valence-corrected chi connectivity index (χ0v) is 21.6. The van der Waals surface area contributed by atoms with Crippen LogP contribution in [-0.4, -0.2) is 40.9 Å². The lowest BCUT2D eigenvalue weighted by molar-refractivity contribution is 0.0862. The lowest BCUT2D eigenvalue weighted by Crippen LogP contribution is -2.35. The van der Waals surface area contributed by atoms with Gasteiger partial charge in [-0.25, -0.2) is 0 Å². The highest BCUT2D eigenvalue weighted by molar-refractivity contribution is 7.64. The van der Waals surface area contributed by atoms with E-state index in [0.29, 0.717) is 36.0 Å². The van der Waals surface area contributed by atoms with E-state index < -0.39 is 19.3 Å². The monoisotopic (exact) mass is 460 g/mol. The van der Waals surface area contributed by atoms with E-state index in [9.17, 15) is 14.8 Å². The Hall–Kier alpha value is -0.890. The van der Waals surface area contributed by atoms with E-state index in [4.69, 9.17) is 0 Å². The molecule has 0 unspecified atom stereocenters. The van der Waals surface area contributed by atoms with Gasteiger partial charge in [-0.15, -0.1) is 0 Å². The molecule has 0 bridgehead atoms. The minimum absolute atomic E-state index is 0.314. The van der Waals surface area contributed by atoms with Crippen molar-refractivity contribution in [1.82, 2.24) is 0 Å². The maximum Gasteiger partial charge on any atom is 0.0907 e. The normalized spacial score (nSPS) is 37.4. The molecule has 0 spiro atoms. The molecule has 3 aliphatic rings. The Morgan fingerprint density at radius 1 is 1.22 bits per heavy atom. The molecule has 6 atom stereocenters. The zero-order chi connectivity index (χ0) is 23.5. The van der Waals surface area contributed by atoms with Gasteiger partial charge in [-0.05, 0) is 85.2 Å². The van der Waals surface area contributed by atoms with Crippen LogP contribution in [0.2, 0.25) is 0 Å². The predicted octanol–water partition coefficient (Wildman–Crippen LogP) is 6.72. The molecule has 3 rings (SSSR count). The first-order chi connectivity index (χ1) is 15.1. The van der Waals surface area contributed by atoms with Gasteiger partial charge in [-0.2, -0.15) is 0 Å². The van der Waals surface area contributed by atoms with E-state index in [-0.39, 0.29) is 0 Å². The highest BCUT2D eigenvalue weighted by Gasteiger charge is 2.50. The standard InChI is InChI=1S/C28H45O3P/c1-6-32(31,7-2)17-9-10-20(3)25-14-15-26-22(11-8-16-28(25,26)5)12-13-23-18-24(29)19-27(30)21(23)4/h9-10,12-13,20,24-27,29-30H,4,6-8,11,14-19H2,1-3,5H3/t20-,24-,25-,26+,27+,28-/m1/s1. The van der Waals surface area contributed by atoms with Crippen LogP contribution in [0.3, 0.4) is 0 Å². The van der Waals surface area contributed by atoms with Crippen LogP contribution >= 0.6 is 7.14 Å². The molecule has 0 radical (unpaired) electrons. The highest BCUT2D eigenvalue weighted by Crippen LogP contribution is 2.59. The molecule has 3 nitrogen and oxygen atoms in total. The van der Waals surface area contributed by atoms with Crippen molar-refractivity contribution >= 4 is 7.14 Å². The molecule has 3 saturated carbocycles. The Bertz CT molecular complexity index is 815. The number of hydrogen-bond acceptors (Lipinski definition) is 3. The average Bonchev–Trinajstić information content (AvgIpc) is 3.12. The molecular weight excluding hydrogens is 415 g/mol. The fourth-order valence-electron chi connectivity index (χ4n) is 6.69. The van der Waals surface area contributed by atoms with E-state index in [0.717, 1.165) is 36.1 Å². The Morgan fingerprint density at radius 3 is 2.62 bits per heavy atom. The Labute approximate surface area is 196 Å². The summed E-state index contributed by atoms with van der Waals surface area (Å²) >= 11 is 0. The molecular formula is C28H45O3P. The molecule has 180 valence electrons. The minimum atomic E-state index is -2.01. The molecule has 3 fully saturated rings. The second-order valence-electron chi connectivity index (χ2n) is 10.8. The number of hydrogen-bond donors (Lipinski definition) is 2. The van der Waals surface area contributed by atoms with Crippen molar-refractivity contribution < 1.29 is 14.8 Å². The molecule has 3 aliphatic carbocycles. The zero-order valence-electron chi connectivity index (χ0n) is 20.7. The van der Waals surface area contributed by atoms with Gasteiger partial charge in [0.1, 0.15) is 0 Å². The molecule has 0 aromatic heterocycles. The van der Waals surface area contributed by atoms with Gasteiger partial charge >= 0.3 is 0 Å². The first-order valence-corrected chi connectivity index (χ1v) is 15.1. The topological polar surface area (TPSA) is 57.5 Å². The van der Waals surface area contributed by atoms with Crippen LogP contribution in [0.25, 0.3) is 0 Å². The van der Waals surface area contributed by atoms with Gasteiger partial charge in [0.2, 0.25) is 0 Å². The first kappa shape index (κ1) is 25.7. The maximum absolute atomic E-state index is 12.8. The first-order valence-electron chi connectivity index (χ1n) is 12.8. The number of aliphatic hydroxyl groups excluding tert-OH is 2. The summed E-state index contributed by atoms with van der Waals surface area (Å²) in [6.07, 6.45) is 17.4. The molecule has 0 saturated heterocycles. The van der Waals surface area contributed by atoms with Gasteiger partial charge in [-0.1, -0.05) is 64.2 Å². The summed E-state index contributed by atoms with van der Waals surface area (Å²) in [7, 11) is -2.01. The smallest absolute Gasteiger partial charge is 0.0907 e. The Morgan fingerprint density at radius 2 is 1.94 bits per heavy atom. The quantitative estimate of drug-likeness (QED) is 0.327. The number of allylic oxidation sites excluding steroid dienone is 5. The van der Waals surface area contributed by atoms with Crippen LogP contribution in [0.15, 0.2) is 47.6 Å². The Balaban J connectivity index is 1.73. The second kappa shape index (κ2) is 10.6. The van der Waals surface area contributed by atoms with Crippen LogP contribution in [0.4, 0.5) is 0 Å². The molecule has 0 aromatic rings. The van der Waals surface area contributed by atoms with E-state index in [2.05, 4.69) is 58.6 Å². The summed E-state index contributed by atoms with van der Waals surface area (Å²) < 4.78 is 12.8. The van der Waals surface area contributed by atoms with Gasteiger partial charge in [0.05, 0.1) is 19.3 Å². The molecule has 0 heterocycles. The Kier molecular flexibility index (Phi) is 8.51. The minimum Gasteiger partial charge on any atom is -0.393 e. The van der Waals surface area contributed by atoms with Crippen molar-refractivity contribution in [3.63, 3.8) is 0 Å². The van der Waals surface area contributed by atoms with Crippen LogP contribution < -0.4 is 0 Å². The molecule has 32 heavy (non-hydrogen) atoms. The van der Waals surface area contributed by atoms with Crippen LogP contribution in [-0.2, 0) is 4.57 Å². The third-order valence-corrected chi connectivity index (χ3v) is 12.1. The number of aliphatic hydroxyl groups is 2. The van der Waals surface area contributed by atoms with Gasteiger partial charge in [0.25, 0.3) is 0 Å². The summed E-state index contributed by atoms with van der Waals surface area (Å²) in [6.45, 7) is 13.0. The lowest BCUT2D eigenvalue weighted by atomic mass is 9.61. The molecule has 0 aromatic carbocycles. The van der Waals surface area contributed by atoms with E-state index in [1.165, 1.54) is 31.3 Å². The van der Waals surface area contributed by atoms with Gasteiger partial charge < -0.3 is 14.8 Å². The van der Waals surface area contributed by atoms with Gasteiger partial charge in [0, 0.05) is 12.6 Å². The van der Waals surface area contributed by atoms with E-state index in [1.807, 2.05) is 0 Å². The van der Waals surface area contributed by atoms with Gasteiger partial charge in [-0.3, -0.25) is 0 Å². The lowest BCUT2D eigenvalue weighted by Gasteiger charge is -2.44. The van der Waals surface area contributed by atoms with E-state index >= 15 is 0 Å². The summed E-state index contributed by atoms with van der Waals surface area (Å²) in [5.41, 5.74) is 3.62. The van der Waals surface area contributed by atoms with Crippen LogP contribution in [0.1, 0.15) is 72.6 Å². The summed E-state index contributed by atoms with van der Waals surface area (Å²) in [5, 5.41) is 20.2. The van der Waals surface area contributed by atoms with Gasteiger partial charge in [0.15, 0.2) is 0 Å². The summed E-state index contributed by atoms with van der Waals surface area (Å²) in [4.78, 5) is 0. The molecule has 0 aliphatic heterocycles. The third kappa shape index (κ3) is 5.43. The fourth-order valence-corrected chi connectivity index (χ4v) is 8.16. The predicted molar refractivity (Wildman–Crippen MR) is 137 cm³/mol. The average molecular weight is 461 g/mol. The summed E-state index contributed by atoms with van der Waals surface area (Å²) in [5.74, 6) is 1.78.